The molecule has 1 aromatic carbocycles. The summed E-state index contributed by atoms with van der Waals surface area (Å²) in [5.74, 6) is 0.793. The number of carbonyl (C=O) groups is 1. The lowest BCUT2D eigenvalue weighted by atomic mass is 10.1. The Morgan fingerprint density at radius 3 is 2.00 bits per heavy atom. The summed E-state index contributed by atoms with van der Waals surface area (Å²) in [6.45, 7) is 12.2. The SMILES string of the molecule is CCCCCCCCC(C(=O)N(CC(C)C)CC(C)C)=[P+]([O-])c1ccccc1. The fourth-order valence-corrected chi connectivity index (χ4v) is 4.82. The lowest BCUT2D eigenvalue weighted by Crippen LogP contribution is -2.41. The number of rotatable bonds is 13. The van der Waals surface area contributed by atoms with Crippen molar-refractivity contribution in [1.29, 1.82) is 0 Å². The summed E-state index contributed by atoms with van der Waals surface area (Å²) in [5.41, 5.74) is 0. The first-order valence-corrected chi connectivity index (χ1v) is 12.3. The van der Waals surface area contributed by atoms with Crippen LogP contribution in [0.2, 0.25) is 0 Å². The second-order valence-electron chi connectivity index (χ2n) is 8.59. The molecule has 1 atom stereocenters. The molecule has 0 radical (unpaired) electrons. The van der Waals surface area contributed by atoms with Crippen LogP contribution in [0.4, 0.5) is 0 Å². The monoisotopic (exact) mass is 405 g/mol. The maximum atomic E-state index is 13.4. The molecule has 0 saturated carbocycles. The summed E-state index contributed by atoms with van der Waals surface area (Å²) < 4.78 is 0. The Morgan fingerprint density at radius 1 is 0.929 bits per heavy atom. The Hall–Kier alpha value is -1.18. The molecule has 4 heteroatoms. The van der Waals surface area contributed by atoms with Gasteiger partial charge < -0.3 is 9.79 Å². The van der Waals surface area contributed by atoms with Gasteiger partial charge in [0.15, 0.2) is 5.29 Å². The first kappa shape index (κ1) is 24.9. The van der Waals surface area contributed by atoms with Gasteiger partial charge in [0.1, 0.15) is 5.30 Å². The van der Waals surface area contributed by atoms with E-state index in [1.807, 2.05) is 35.2 Å². The third-order valence-electron chi connectivity index (χ3n) is 4.71. The largest absolute Gasteiger partial charge is 0.626 e. The molecule has 28 heavy (non-hydrogen) atoms. The van der Waals surface area contributed by atoms with Crippen LogP contribution < -0.4 is 10.2 Å². The molecule has 0 bridgehead atoms. The van der Waals surface area contributed by atoms with Crippen LogP contribution in [0.1, 0.15) is 79.6 Å². The number of hydrogen-bond acceptors (Lipinski definition) is 2. The molecule has 0 aliphatic rings. The van der Waals surface area contributed by atoms with Gasteiger partial charge in [-0.05, 0) is 30.4 Å². The van der Waals surface area contributed by atoms with Gasteiger partial charge in [-0.15, -0.1) is 0 Å². The third kappa shape index (κ3) is 9.34. The quantitative estimate of drug-likeness (QED) is 0.337. The molecular weight excluding hydrogens is 365 g/mol. The van der Waals surface area contributed by atoms with Crippen molar-refractivity contribution < 1.29 is 9.69 Å². The molecule has 0 fully saturated rings. The molecule has 158 valence electrons. The number of unbranched alkanes of at least 4 members (excludes halogenated alkanes) is 5. The van der Waals surface area contributed by atoms with Crippen LogP contribution in [0.5, 0.6) is 0 Å². The van der Waals surface area contributed by atoms with E-state index in [9.17, 15) is 9.69 Å². The summed E-state index contributed by atoms with van der Waals surface area (Å²) in [6, 6.07) is 9.47. The van der Waals surface area contributed by atoms with E-state index in [2.05, 4.69) is 34.6 Å². The van der Waals surface area contributed by atoms with E-state index in [4.69, 9.17) is 0 Å². The highest BCUT2D eigenvalue weighted by molar-refractivity contribution is 7.61. The van der Waals surface area contributed by atoms with E-state index >= 15 is 0 Å². The molecule has 0 heterocycles. The normalized spacial score (nSPS) is 12.4. The number of benzene rings is 1. The van der Waals surface area contributed by atoms with Crippen LogP contribution in [-0.2, 0) is 4.79 Å². The van der Waals surface area contributed by atoms with E-state index in [0.717, 1.165) is 31.2 Å². The lowest BCUT2D eigenvalue weighted by molar-refractivity contribution is -0.150. The summed E-state index contributed by atoms with van der Waals surface area (Å²) in [7, 11) is -1.81. The summed E-state index contributed by atoms with van der Waals surface area (Å²) >= 11 is 0. The van der Waals surface area contributed by atoms with Crippen molar-refractivity contribution >= 4 is 24.3 Å². The van der Waals surface area contributed by atoms with Gasteiger partial charge in [-0.1, -0.05) is 84.9 Å². The van der Waals surface area contributed by atoms with Crippen LogP contribution in [0, 0.1) is 11.8 Å². The first-order chi connectivity index (χ1) is 13.4. The van der Waals surface area contributed by atoms with Crippen LogP contribution in [0.25, 0.3) is 0 Å². The molecule has 0 aliphatic heterocycles. The van der Waals surface area contributed by atoms with Crippen molar-refractivity contribution in [2.75, 3.05) is 13.1 Å². The Kier molecular flexibility index (Phi) is 12.3. The smallest absolute Gasteiger partial charge is 0.292 e. The Morgan fingerprint density at radius 2 is 1.46 bits per heavy atom. The lowest BCUT2D eigenvalue weighted by Gasteiger charge is -2.26. The molecule has 1 aromatic rings. The predicted molar refractivity (Wildman–Crippen MR) is 122 cm³/mol. The standard InChI is InChI=1S/C24H40NO2P/c1-6-7-8-9-10-14-17-23(28(27)22-15-12-11-13-16-22)24(26)25(18-20(2)3)19-21(4)5/h11-13,15-16,20-21H,6-10,14,17-19H2,1-5H3. The van der Waals surface area contributed by atoms with Gasteiger partial charge in [0, 0.05) is 19.5 Å². The topological polar surface area (TPSA) is 43.4 Å². The summed E-state index contributed by atoms with van der Waals surface area (Å²) in [6.07, 6.45) is 7.62. The maximum absolute atomic E-state index is 13.4. The number of hydrogen-bond donors (Lipinski definition) is 0. The summed E-state index contributed by atoms with van der Waals surface area (Å²) in [4.78, 5) is 28.6. The molecule has 1 rings (SSSR count). The minimum absolute atomic E-state index is 0.000854. The van der Waals surface area contributed by atoms with Crippen LogP contribution >= 0.6 is 7.77 Å². The van der Waals surface area contributed by atoms with E-state index in [0.29, 0.717) is 23.6 Å². The second kappa shape index (κ2) is 13.9. The fourth-order valence-electron chi connectivity index (χ4n) is 3.39. The van der Waals surface area contributed by atoms with Gasteiger partial charge in [-0.2, -0.15) is 0 Å². The zero-order chi connectivity index (χ0) is 20.9. The van der Waals surface area contributed by atoms with Gasteiger partial charge in [-0.3, -0.25) is 4.79 Å². The Labute approximate surface area is 174 Å². The highest BCUT2D eigenvalue weighted by atomic mass is 31.1. The molecule has 3 nitrogen and oxygen atoms in total. The van der Waals surface area contributed by atoms with E-state index in [-0.39, 0.29) is 5.91 Å². The maximum Gasteiger partial charge on any atom is 0.292 e. The van der Waals surface area contributed by atoms with E-state index in [1.165, 1.54) is 25.7 Å². The molecule has 0 saturated heterocycles. The van der Waals surface area contributed by atoms with Gasteiger partial charge in [0.2, 0.25) is 0 Å². The van der Waals surface area contributed by atoms with Crippen LogP contribution in [-0.4, -0.2) is 29.2 Å². The predicted octanol–water partition coefficient (Wildman–Crippen LogP) is 5.13. The Bertz CT molecular complexity index is 586. The average molecular weight is 406 g/mol. The fraction of sp³-hybridized carbons (Fsp3) is 0.667. The minimum Gasteiger partial charge on any atom is -0.626 e. The van der Waals surface area contributed by atoms with Crippen molar-refractivity contribution in [3.8, 4) is 0 Å². The molecule has 0 spiro atoms. The van der Waals surface area contributed by atoms with Crippen molar-refractivity contribution in [3.63, 3.8) is 0 Å². The average Bonchev–Trinajstić information content (AvgIpc) is 2.66. The van der Waals surface area contributed by atoms with E-state index < -0.39 is 7.77 Å². The van der Waals surface area contributed by atoms with Gasteiger partial charge >= 0.3 is 0 Å². The molecule has 0 aromatic heterocycles. The molecule has 0 N–H and O–H groups in total. The zero-order valence-corrected chi connectivity index (χ0v) is 19.5. The highest BCUT2D eigenvalue weighted by Crippen LogP contribution is 2.21. The third-order valence-corrected chi connectivity index (χ3v) is 6.38. The molecule has 1 unspecified atom stereocenters. The van der Waals surface area contributed by atoms with Crippen LogP contribution in [0.15, 0.2) is 30.3 Å². The number of nitrogens with zero attached hydrogens (tertiary/aromatic N) is 1. The zero-order valence-electron chi connectivity index (χ0n) is 18.6. The first-order valence-electron chi connectivity index (χ1n) is 11.0. The van der Waals surface area contributed by atoms with Gasteiger partial charge in [-0.25, -0.2) is 0 Å². The molecule has 1 amide bonds. The van der Waals surface area contributed by atoms with Crippen LogP contribution in [0.3, 0.4) is 0 Å². The Balaban J connectivity index is 3.02. The second-order valence-corrected chi connectivity index (χ2v) is 10.2. The van der Waals surface area contributed by atoms with Crippen molar-refractivity contribution in [2.24, 2.45) is 11.8 Å². The molecule has 0 aliphatic carbocycles. The van der Waals surface area contributed by atoms with Gasteiger partial charge in [0.05, 0.1) is 7.77 Å². The van der Waals surface area contributed by atoms with Crippen molar-refractivity contribution in [1.82, 2.24) is 4.90 Å². The minimum atomic E-state index is -1.81. The number of amides is 1. The van der Waals surface area contributed by atoms with Crippen molar-refractivity contribution in [3.05, 3.63) is 30.3 Å². The highest BCUT2D eigenvalue weighted by Gasteiger charge is 2.27. The number of carbonyl (C=O) groups excluding carboxylic acids is 1. The molecular formula is C24H40NO2P. The van der Waals surface area contributed by atoms with E-state index in [1.54, 1.807) is 0 Å². The van der Waals surface area contributed by atoms with Gasteiger partial charge in [0.25, 0.3) is 5.91 Å². The summed E-state index contributed by atoms with van der Waals surface area (Å²) in [5, 5.41) is 1.37. The van der Waals surface area contributed by atoms with Crippen molar-refractivity contribution in [2.45, 2.75) is 79.6 Å².